The Bertz CT molecular complexity index is 1140. The molecule has 6 heteroatoms. The van der Waals surface area contributed by atoms with Gasteiger partial charge in [0.05, 0.1) is 9.79 Å². The molecule has 2 aromatic carbocycles. The van der Waals surface area contributed by atoms with Gasteiger partial charge in [-0.05, 0) is 61.1 Å². The summed E-state index contributed by atoms with van der Waals surface area (Å²) in [5.74, 6) is -1.83. The van der Waals surface area contributed by atoms with Crippen molar-refractivity contribution < 1.29 is 17.2 Å². The molecule has 3 aromatic rings. The molecule has 0 saturated carbocycles. The van der Waals surface area contributed by atoms with Gasteiger partial charge in [0, 0.05) is 29.7 Å². The van der Waals surface area contributed by atoms with Gasteiger partial charge in [-0.2, -0.15) is 0 Å². The van der Waals surface area contributed by atoms with E-state index >= 15 is 0 Å². The fourth-order valence-electron chi connectivity index (χ4n) is 3.43. The van der Waals surface area contributed by atoms with E-state index in [1.807, 2.05) is 18.5 Å². The largest absolute Gasteiger partial charge is 0.348 e. The molecule has 0 N–H and O–H groups in total. The van der Waals surface area contributed by atoms with Crippen molar-refractivity contribution in [1.82, 2.24) is 4.57 Å². The Morgan fingerprint density at radius 1 is 0.964 bits per heavy atom. The molecule has 0 radical (unpaired) electrons. The molecule has 0 atom stereocenters. The van der Waals surface area contributed by atoms with Crippen molar-refractivity contribution in [2.24, 2.45) is 12.5 Å². The molecule has 0 saturated heterocycles. The molecule has 28 heavy (non-hydrogen) atoms. The minimum absolute atomic E-state index is 0.0348. The van der Waals surface area contributed by atoms with Gasteiger partial charge in [-0.15, -0.1) is 0 Å². The molecule has 0 amide bonds. The van der Waals surface area contributed by atoms with Crippen LogP contribution < -0.4 is 0 Å². The van der Waals surface area contributed by atoms with Crippen LogP contribution in [0.15, 0.2) is 46.2 Å². The van der Waals surface area contributed by atoms with Crippen LogP contribution >= 0.6 is 0 Å². The second-order valence-corrected chi connectivity index (χ2v) is 10.4. The van der Waals surface area contributed by atoms with Gasteiger partial charge in [0.15, 0.2) is 0 Å². The molecule has 0 aliphatic heterocycles. The number of hydrogen-bond donors (Lipinski definition) is 0. The maximum Gasteiger partial charge on any atom is 0.206 e. The quantitative estimate of drug-likeness (QED) is 0.569. The highest BCUT2D eigenvalue weighted by atomic mass is 32.2. The second kappa shape index (κ2) is 6.99. The van der Waals surface area contributed by atoms with Gasteiger partial charge < -0.3 is 4.57 Å². The minimum Gasteiger partial charge on any atom is -0.348 e. The standard InChI is InChI=1S/C22H25F2NO2S/c1-14-19(8-9-22(2,3)4)20-13-17(6-7-21(20)25(14)5)28(26,27)18-11-15(23)10-16(24)12-18/h6-7,10-13H,8-9H2,1-5H3. The Morgan fingerprint density at radius 2 is 1.57 bits per heavy atom. The Balaban J connectivity index is 2.15. The van der Waals surface area contributed by atoms with Crippen LogP contribution in [0.4, 0.5) is 8.78 Å². The third-order valence-corrected chi connectivity index (χ3v) is 6.91. The molecule has 1 aromatic heterocycles. The highest BCUT2D eigenvalue weighted by molar-refractivity contribution is 7.91. The molecule has 0 bridgehead atoms. The summed E-state index contributed by atoms with van der Waals surface area (Å²) in [6, 6.07) is 7.23. The van der Waals surface area contributed by atoms with E-state index in [1.54, 1.807) is 12.1 Å². The van der Waals surface area contributed by atoms with Crippen molar-refractivity contribution in [3.05, 3.63) is 59.3 Å². The molecule has 0 fully saturated rings. The minimum atomic E-state index is -4.03. The van der Waals surface area contributed by atoms with Gasteiger partial charge >= 0.3 is 0 Å². The molecule has 3 rings (SSSR count). The summed E-state index contributed by atoms with van der Waals surface area (Å²) in [6.45, 7) is 8.53. The number of halogens is 2. The van der Waals surface area contributed by atoms with E-state index in [4.69, 9.17) is 0 Å². The van der Waals surface area contributed by atoms with Crippen LogP contribution in [0, 0.1) is 24.0 Å². The smallest absolute Gasteiger partial charge is 0.206 e. The monoisotopic (exact) mass is 405 g/mol. The third-order valence-electron chi connectivity index (χ3n) is 5.18. The number of aryl methyl sites for hydroxylation is 2. The lowest BCUT2D eigenvalue weighted by Crippen LogP contribution is -2.07. The number of hydrogen-bond acceptors (Lipinski definition) is 2. The molecule has 150 valence electrons. The van der Waals surface area contributed by atoms with Gasteiger partial charge in [0.1, 0.15) is 11.6 Å². The van der Waals surface area contributed by atoms with Crippen LogP contribution in [0.2, 0.25) is 0 Å². The van der Waals surface area contributed by atoms with Crippen LogP contribution in [0.1, 0.15) is 38.4 Å². The Labute approximate surface area is 164 Å². The summed E-state index contributed by atoms with van der Waals surface area (Å²) < 4.78 is 55.1. The average molecular weight is 406 g/mol. The molecule has 0 unspecified atom stereocenters. The number of benzene rings is 2. The molecule has 0 aliphatic rings. The van der Waals surface area contributed by atoms with Crippen LogP contribution in [0.25, 0.3) is 10.9 Å². The van der Waals surface area contributed by atoms with Crippen molar-refractivity contribution in [3.63, 3.8) is 0 Å². The number of fused-ring (bicyclic) bond motifs is 1. The van der Waals surface area contributed by atoms with Crippen LogP contribution in [-0.4, -0.2) is 13.0 Å². The second-order valence-electron chi connectivity index (χ2n) is 8.47. The van der Waals surface area contributed by atoms with Crippen LogP contribution in [0.5, 0.6) is 0 Å². The molecular formula is C22H25F2NO2S. The average Bonchev–Trinajstić information content (AvgIpc) is 2.82. The number of sulfone groups is 1. The zero-order valence-corrected chi connectivity index (χ0v) is 17.6. The van der Waals surface area contributed by atoms with Gasteiger partial charge in [0.25, 0.3) is 0 Å². The van der Waals surface area contributed by atoms with Gasteiger partial charge in [-0.3, -0.25) is 0 Å². The van der Waals surface area contributed by atoms with Crippen LogP contribution in [0.3, 0.4) is 0 Å². The van der Waals surface area contributed by atoms with E-state index in [1.165, 1.54) is 6.07 Å². The number of aromatic nitrogens is 1. The highest BCUT2D eigenvalue weighted by Crippen LogP contribution is 2.33. The van der Waals surface area contributed by atoms with E-state index in [2.05, 4.69) is 20.8 Å². The first-order chi connectivity index (χ1) is 12.9. The van der Waals surface area contributed by atoms with E-state index in [0.717, 1.165) is 47.1 Å². The fraction of sp³-hybridized carbons (Fsp3) is 0.364. The zero-order valence-electron chi connectivity index (χ0n) is 16.8. The van der Waals surface area contributed by atoms with Gasteiger partial charge in [-0.1, -0.05) is 20.8 Å². The van der Waals surface area contributed by atoms with Crippen molar-refractivity contribution in [2.75, 3.05) is 0 Å². The van der Waals surface area contributed by atoms with Crippen molar-refractivity contribution in [3.8, 4) is 0 Å². The predicted molar refractivity (Wildman–Crippen MR) is 107 cm³/mol. The van der Waals surface area contributed by atoms with Crippen LogP contribution in [-0.2, 0) is 23.3 Å². The lowest BCUT2D eigenvalue weighted by Gasteiger charge is -2.18. The van der Waals surface area contributed by atoms with Gasteiger partial charge in [-0.25, -0.2) is 17.2 Å². The maximum atomic E-state index is 13.6. The summed E-state index contributed by atoms with van der Waals surface area (Å²) in [6.07, 6.45) is 1.78. The zero-order chi connectivity index (χ0) is 20.9. The summed E-state index contributed by atoms with van der Waals surface area (Å²) >= 11 is 0. The van der Waals surface area contributed by atoms with E-state index in [9.17, 15) is 17.2 Å². The number of rotatable bonds is 4. The fourth-order valence-corrected chi connectivity index (χ4v) is 4.76. The summed E-state index contributed by atoms with van der Waals surface area (Å²) in [5, 5.41) is 0.863. The summed E-state index contributed by atoms with van der Waals surface area (Å²) in [7, 11) is -2.08. The molecule has 0 spiro atoms. The Kier molecular flexibility index (Phi) is 5.13. The van der Waals surface area contributed by atoms with Crippen molar-refractivity contribution in [1.29, 1.82) is 0 Å². The number of nitrogens with zero attached hydrogens (tertiary/aromatic N) is 1. The van der Waals surface area contributed by atoms with Crippen molar-refractivity contribution in [2.45, 2.75) is 50.3 Å². The normalized spacial score (nSPS) is 12.7. The molecular weight excluding hydrogens is 380 g/mol. The molecule has 3 nitrogen and oxygen atoms in total. The van der Waals surface area contributed by atoms with E-state index < -0.39 is 21.5 Å². The Morgan fingerprint density at radius 3 is 2.14 bits per heavy atom. The molecule has 1 heterocycles. The first-order valence-electron chi connectivity index (χ1n) is 9.19. The first kappa shape index (κ1) is 20.5. The topological polar surface area (TPSA) is 39.1 Å². The third kappa shape index (κ3) is 3.83. The van der Waals surface area contributed by atoms with E-state index in [-0.39, 0.29) is 15.2 Å². The van der Waals surface area contributed by atoms with E-state index in [0.29, 0.717) is 6.07 Å². The maximum absolute atomic E-state index is 13.6. The predicted octanol–water partition coefficient (Wildman–Crippen LogP) is 5.58. The lowest BCUT2D eigenvalue weighted by molar-refractivity contribution is 0.378. The Hall–Kier alpha value is -2.21. The van der Waals surface area contributed by atoms with Gasteiger partial charge in [0.2, 0.25) is 9.84 Å². The first-order valence-corrected chi connectivity index (χ1v) is 10.7. The lowest BCUT2D eigenvalue weighted by atomic mass is 9.88. The van der Waals surface area contributed by atoms with Crippen molar-refractivity contribution >= 4 is 20.7 Å². The summed E-state index contributed by atoms with van der Waals surface area (Å²) in [5.41, 5.74) is 3.28. The SMILES string of the molecule is Cc1c(CCC(C)(C)C)c2cc(S(=O)(=O)c3cc(F)cc(F)c3)ccc2n1C. The summed E-state index contributed by atoms with van der Waals surface area (Å²) in [4.78, 5) is -0.346. The highest BCUT2D eigenvalue weighted by Gasteiger charge is 2.22. The molecule has 0 aliphatic carbocycles.